The molecule has 2 heterocycles. The second-order valence-corrected chi connectivity index (χ2v) is 4.80. The number of ether oxygens (including phenoxy) is 2. The molecule has 2 aliphatic rings. The Labute approximate surface area is 80.6 Å². The van der Waals surface area contributed by atoms with Crippen molar-refractivity contribution in [1.29, 1.82) is 0 Å². The van der Waals surface area contributed by atoms with Gasteiger partial charge in [-0.15, -0.1) is 0 Å². The van der Waals surface area contributed by atoms with Crippen LogP contribution in [0, 0.1) is 11.8 Å². The van der Waals surface area contributed by atoms with Crippen molar-refractivity contribution in [2.75, 3.05) is 6.61 Å². The van der Waals surface area contributed by atoms with E-state index in [1.54, 1.807) is 0 Å². The van der Waals surface area contributed by atoms with Crippen LogP contribution in [-0.4, -0.2) is 24.9 Å². The van der Waals surface area contributed by atoms with Crippen LogP contribution in [0.4, 0.5) is 0 Å². The fourth-order valence-corrected chi connectivity index (χ4v) is 2.65. The maximum Gasteiger partial charge on any atom is 0.0890 e. The molecule has 13 heavy (non-hydrogen) atoms. The van der Waals surface area contributed by atoms with Crippen molar-refractivity contribution >= 4 is 0 Å². The third-order valence-electron chi connectivity index (χ3n) is 3.24. The van der Waals surface area contributed by atoms with Crippen LogP contribution < -0.4 is 0 Å². The quantitative estimate of drug-likeness (QED) is 0.655. The van der Waals surface area contributed by atoms with E-state index in [4.69, 9.17) is 9.47 Å². The highest BCUT2D eigenvalue weighted by molar-refractivity contribution is 4.93. The van der Waals surface area contributed by atoms with E-state index < -0.39 is 0 Å². The van der Waals surface area contributed by atoms with E-state index >= 15 is 0 Å². The number of hydrogen-bond acceptors (Lipinski definition) is 2. The molecule has 0 aliphatic carbocycles. The average Bonchev–Trinajstić information content (AvgIpc) is 2.55. The van der Waals surface area contributed by atoms with E-state index in [9.17, 15) is 0 Å². The Kier molecular flexibility index (Phi) is 2.61. The lowest BCUT2D eigenvalue weighted by Crippen LogP contribution is -2.26. The summed E-state index contributed by atoms with van der Waals surface area (Å²) in [6, 6.07) is 0. The van der Waals surface area contributed by atoms with Gasteiger partial charge in [-0.2, -0.15) is 0 Å². The second-order valence-electron chi connectivity index (χ2n) is 4.80. The third-order valence-corrected chi connectivity index (χ3v) is 3.24. The van der Waals surface area contributed by atoms with Crippen molar-refractivity contribution in [2.24, 2.45) is 11.8 Å². The SMILES string of the molecule is CC(C)C[C@@H]1[C@H]2OCC[C@H]2O[C@@H]1C. The van der Waals surface area contributed by atoms with Crippen molar-refractivity contribution in [3.8, 4) is 0 Å². The van der Waals surface area contributed by atoms with E-state index in [0.29, 0.717) is 24.2 Å². The van der Waals surface area contributed by atoms with Gasteiger partial charge in [0.15, 0.2) is 0 Å². The van der Waals surface area contributed by atoms with Gasteiger partial charge in [0.25, 0.3) is 0 Å². The molecule has 2 rings (SSSR count). The Morgan fingerprint density at radius 2 is 2.15 bits per heavy atom. The van der Waals surface area contributed by atoms with Crippen LogP contribution in [-0.2, 0) is 9.47 Å². The van der Waals surface area contributed by atoms with Crippen molar-refractivity contribution in [2.45, 2.75) is 51.9 Å². The maximum absolute atomic E-state index is 5.87. The van der Waals surface area contributed by atoms with Gasteiger partial charge in [0.1, 0.15) is 0 Å². The van der Waals surface area contributed by atoms with Gasteiger partial charge in [-0.05, 0) is 25.7 Å². The molecule has 0 aromatic heterocycles. The lowest BCUT2D eigenvalue weighted by molar-refractivity contribution is 0.0443. The highest BCUT2D eigenvalue weighted by Gasteiger charge is 2.45. The van der Waals surface area contributed by atoms with E-state index in [0.717, 1.165) is 18.9 Å². The first-order valence-corrected chi connectivity index (χ1v) is 5.45. The van der Waals surface area contributed by atoms with Gasteiger partial charge in [0.2, 0.25) is 0 Å². The first kappa shape index (κ1) is 9.47. The summed E-state index contributed by atoms with van der Waals surface area (Å²) in [4.78, 5) is 0. The fourth-order valence-electron chi connectivity index (χ4n) is 2.65. The molecule has 0 amide bonds. The summed E-state index contributed by atoms with van der Waals surface area (Å²) in [7, 11) is 0. The molecule has 0 radical (unpaired) electrons. The van der Waals surface area contributed by atoms with Crippen LogP contribution in [0.5, 0.6) is 0 Å². The molecule has 0 spiro atoms. The molecular formula is C11H20O2. The summed E-state index contributed by atoms with van der Waals surface area (Å²) in [5.74, 6) is 1.38. The smallest absolute Gasteiger partial charge is 0.0890 e. The van der Waals surface area contributed by atoms with Crippen molar-refractivity contribution in [3.05, 3.63) is 0 Å². The van der Waals surface area contributed by atoms with Crippen LogP contribution in [0.1, 0.15) is 33.6 Å². The molecular weight excluding hydrogens is 164 g/mol. The monoisotopic (exact) mass is 184 g/mol. The fraction of sp³-hybridized carbons (Fsp3) is 1.00. The number of hydrogen-bond donors (Lipinski definition) is 0. The predicted octanol–water partition coefficient (Wildman–Crippen LogP) is 2.22. The van der Waals surface area contributed by atoms with E-state index in [-0.39, 0.29) is 0 Å². The highest BCUT2D eigenvalue weighted by atomic mass is 16.6. The zero-order chi connectivity index (χ0) is 9.42. The standard InChI is InChI=1S/C11H20O2/c1-7(2)6-9-8(3)13-10-4-5-12-11(9)10/h7-11H,4-6H2,1-3H3/t8-,9+,10-,11-/m1/s1. The van der Waals surface area contributed by atoms with Gasteiger partial charge in [-0.1, -0.05) is 13.8 Å². The maximum atomic E-state index is 5.87. The Hall–Kier alpha value is -0.0800. The van der Waals surface area contributed by atoms with Crippen LogP contribution in [0.15, 0.2) is 0 Å². The third kappa shape index (κ3) is 1.75. The van der Waals surface area contributed by atoms with Crippen LogP contribution in [0.25, 0.3) is 0 Å². The summed E-state index contributed by atoms with van der Waals surface area (Å²) in [5.41, 5.74) is 0. The van der Waals surface area contributed by atoms with E-state index in [2.05, 4.69) is 20.8 Å². The van der Waals surface area contributed by atoms with E-state index in [1.165, 1.54) is 6.42 Å². The van der Waals surface area contributed by atoms with Crippen molar-refractivity contribution in [3.63, 3.8) is 0 Å². The zero-order valence-electron chi connectivity index (χ0n) is 8.82. The van der Waals surface area contributed by atoms with Crippen LogP contribution in [0.3, 0.4) is 0 Å². The van der Waals surface area contributed by atoms with E-state index in [1.807, 2.05) is 0 Å². The molecule has 0 unspecified atom stereocenters. The summed E-state index contributed by atoms with van der Waals surface area (Å²) in [6.07, 6.45) is 3.54. The molecule has 2 nitrogen and oxygen atoms in total. The highest BCUT2D eigenvalue weighted by Crippen LogP contribution is 2.38. The summed E-state index contributed by atoms with van der Waals surface area (Å²) >= 11 is 0. The molecule has 2 saturated heterocycles. The van der Waals surface area contributed by atoms with Gasteiger partial charge in [-0.25, -0.2) is 0 Å². The minimum absolute atomic E-state index is 0.400. The molecule has 76 valence electrons. The molecule has 0 aromatic carbocycles. The molecule has 0 saturated carbocycles. The molecule has 2 heteroatoms. The second kappa shape index (κ2) is 3.58. The van der Waals surface area contributed by atoms with Gasteiger partial charge in [0, 0.05) is 12.5 Å². The first-order chi connectivity index (χ1) is 6.18. The Morgan fingerprint density at radius 1 is 1.38 bits per heavy atom. The zero-order valence-corrected chi connectivity index (χ0v) is 8.82. The minimum atomic E-state index is 0.400. The summed E-state index contributed by atoms with van der Waals surface area (Å²) in [5, 5.41) is 0. The molecule has 0 bridgehead atoms. The molecule has 0 aromatic rings. The minimum Gasteiger partial charge on any atom is -0.375 e. The Balaban J connectivity index is 1.99. The first-order valence-electron chi connectivity index (χ1n) is 5.45. The van der Waals surface area contributed by atoms with Crippen LogP contribution >= 0.6 is 0 Å². The lowest BCUT2D eigenvalue weighted by atomic mass is 9.89. The number of fused-ring (bicyclic) bond motifs is 1. The number of rotatable bonds is 2. The van der Waals surface area contributed by atoms with Gasteiger partial charge < -0.3 is 9.47 Å². The van der Waals surface area contributed by atoms with Gasteiger partial charge >= 0.3 is 0 Å². The Morgan fingerprint density at radius 3 is 2.85 bits per heavy atom. The largest absolute Gasteiger partial charge is 0.375 e. The van der Waals surface area contributed by atoms with Crippen molar-refractivity contribution < 1.29 is 9.47 Å². The average molecular weight is 184 g/mol. The predicted molar refractivity (Wildman–Crippen MR) is 51.6 cm³/mol. The normalized spacial score (nSPS) is 44.3. The molecule has 2 aliphatic heterocycles. The Bertz CT molecular complexity index is 179. The molecule has 2 fully saturated rings. The van der Waals surface area contributed by atoms with Gasteiger partial charge in [-0.3, -0.25) is 0 Å². The van der Waals surface area contributed by atoms with Crippen molar-refractivity contribution in [1.82, 2.24) is 0 Å². The topological polar surface area (TPSA) is 18.5 Å². The summed E-state index contributed by atoms with van der Waals surface area (Å²) in [6.45, 7) is 7.63. The van der Waals surface area contributed by atoms with Crippen LogP contribution in [0.2, 0.25) is 0 Å². The molecule has 4 atom stereocenters. The molecule has 0 N–H and O–H groups in total. The lowest BCUT2D eigenvalue weighted by Gasteiger charge is -2.20. The van der Waals surface area contributed by atoms with Gasteiger partial charge in [0.05, 0.1) is 18.3 Å². The summed E-state index contributed by atoms with van der Waals surface area (Å²) < 4.78 is 11.6.